The number of ether oxygens (including phenoxy) is 2. The molecule has 0 atom stereocenters. The van der Waals surface area contributed by atoms with Crippen molar-refractivity contribution in [2.24, 2.45) is 5.92 Å². The Kier molecular flexibility index (Phi) is 7.94. The van der Waals surface area contributed by atoms with Gasteiger partial charge in [0.1, 0.15) is 5.75 Å². The summed E-state index contributed by atoms with van der Waals surface area (Å²) in [4.78, 5) is 40.0. The summed E-state index contributed by atoms with van der Waals surface area (Å²) < 4.78 is 10.8. The second-order valence-electron chi connectivity index (χ2n) is 9.85. The molecular formula is C28H35N3O5. The quantitative estimate of drug-likeness (QED) is 0.601. The highest BCUT2D eigenvalue weighted by atomic mass is 16.5. The van der Waals surface area contributed by atoms with Crippen LogP contribution in [0.2, 0.25) is 0 Å². The molecular weight excluding hydrogens is 458 g/mol. The maximum absolute atomic E-state index is 12.8. The largest absolute Gasteiger partial charge is 0.497 e. The standard InChI is InChI=1S/C28H35N3O5/c1-19(2)27(34)31-14-4-5-20-6-9-22(17-24(20)31)30-26(33)25(32)29-18-28(12-15-36-16-13-28)21-7-10-23(35-3)11-8-21/h6-11,17,19H,4-5,12-16,18H2,1-3H3,(H,29,32)(H,30,33). The van der Waals surface area contributed by atoms with E-state index < -0.39 is 11.8 Å². The zero-order chi connectivity index (χ0) is 25.7. The van der Waals surface area contributed by atoms with E-state index in [1.54, 1.807) is 24.1 Å². The van der Waals surface area contributed by atoms with Crippen molar-refractivity contribution >= 4 is 29.1 Å². The Morgan fingerprint density at radius 2 is 1.78 bits per heavy atom. The Bertz CT molecular complexity index is 1110. The van der Waals surface area contributed by atoms with Crippen LogP contribution in [0.1, 0.15) is 44.2 Å². The van der Waals surface area contributed by atoms with Gasteiger partial charge in [0.25, 0.3) is 0 Å². The average Bonchev–Trinajstić information content (AvgIpc) is 2.91. The number of nitrogens with zero attached hydrogens (tertiary/aromatic N) is 1. The van der Waals surface area contributed by atoms with Crippen LogP contribution in [0.25, 0.3) is 0 Å². The molecule has 0 spiro atoms. The van der Waals surface area contributed by atoms with E-state index in [9.17, 15) is 14.4 Å². The van der Waals surface area contributed by atoms with Gasteiger partial charge in [0.05, 0.1) is 7.11 Å². The van der Waals surface area contributed by atoms with Crippen LogP contribution in [0.3, 0.4) is 0 Å². The number of nitrogens with one attached hydrogen (secondary N) is 2. The molecule has 36 heavy (non-hydrogen) atoms. The Balaban J connectivity index is 1.44. The molecule has 0 unspecified atom stereocenters. The fraction of sp³-hybridized carbons (Fsp3) is 0.464. The molecule has 0 aliphatic carbocycles. The monoisotopic (exact) mass is 493 g/mol. The van der Waals surface area contributed by atoms with Crippen LogP contribution in [0.4, 0.5) is 11.4 Å². The Morgan fingerprint density at radius 3 is 2.44 bits per heavy atom. The summed E-state index contributed by atoms with van der Waals surface area (Å²) >= 11 is 0. The minimum atomic E-state index is -0.732. The second kappa shape index (κ2) is 11.1. The lowest BCUT2D eigenvalue weighted by atomic mass is 9.74. The van der Waals surface area contributed by atoms with Crippen LogP contribution in [0.5, 0.6) is 5.75 Å². The Morgan fingerprint density at radius 1 is 1.06 bits per heavy atom. The number of carbonyl (C=O) groups is 3. The Hall–Kier alpha value is -3.39. The third-order valence-corrected chi connectivity index (χ3v) is 7.17. The number of amides is 3. The fourth-order valence-corrected chi connectivity index (χ4v) is 4.98. The maximum atomic E-state index is 12.8. The minimum absolute atomic E-state index is 0.0532. The topological polar surface area (TPSA) is 97.0 Å². The molecule has 2 heterocycles. The number of carbonyl (C=O) groups excluding carboxylic acids is 3. The third kappa shape index (κ3) is 5.54. The van der Waals surface area contributed by atoms with Crippen LogP contribution >= 0.6 is 0 Å². The van der Waals surface area contributed by atoms with Gasteiger partial charge in [-0.05, 0) is 61.1 Å². The molecule has 8 nitrogen and oxygen atoms in total. The molecule has 2 aliphatic heterocycles. The third-order valence-electron chi connectivity index (χ3n) is 7.17. The molecule has 0 bridgehead atoms. The van der Waals surface area contributed by atoms with Crippen LogP contribution < -0.4 is 20.3 Å². The van der Waals surface area contributed by atoms with Gasteiger partial charge in [0.15, 0.2) is 0 Å². The zero-order valence-electron chi connectivity index (χ0n) is 21.3. The second-order valence-corrected chi connectivity index (χ2v) is 9.85. The number of benzene rings is 2. The fourth-order valence-electron chi connectivity index (χ4n) is 4.98. The number of methoxy groups -OCH3 is 1. The van der Waals surface area contributed by atoms with E-state index in [4.69, 9.17) is 9.47 Å². The molecule has 3 amide bonds. The first-order valence-electron chi connectivity index (χ1n) is 12.6. The number of fused-ring (bicyclic) bond motifs is 1. The van der Waals surface area contributed by atoms with E-state index in [1.165, 1.54) is 0 Å². The highest BCUT2D eigenvalue weighted by Gasteiger charge is 2.35. The smallest absolute Gasteiger partial charge is 0.313 e. The number of anilines is 2. The van der Waals surface area contributed by atoms with Crippen molar-refractivity contribution in [1.82, 2.24) is 5.32 Å². The minimum Gasteiger partial charge on any atom is -0.497 e. The van der Waals surface area contributed by atoms with Crippen LogP contribution in [0, 0.1) is 5.92 Å². The van der Waals surface area contributed by atoms with E-state index in [-0.39, 0.29) is 17.2 Å². The molecule has 2 aliphatic rings. The SMILES string of the molecule is COc1ccc(C2(CNC(=O)C(=O)Nc3ccc4c(c3)N(C(=O)C(C)C)CCC4)CCOCC2)cc1. The first-order chi connectivity index (χ1) is 17.3. The number of aryl methyl sites for hydroxylation is 1. The van der Waals surface area contributed by atoms with Crippen molar-refractivity contribution in [3.8, 4) is 5.75 Å². The van der Waals surface area contributed by atoms with Gasteiger partial charge in [-0.3, -0.25) is 14.4 Å². The molecule has 192 valence electrons. The summed E-state index contributed by atoms with van der Waals surface area (Å²) in [7, 11) is 1.63. The van der Waals surface area contributed by atoms with Crippen molar-refractivity contribution in [2.45, 2.75) is 44.9 Å². The molecule has 1 saturated heterocycles. The van der Waals surface area contributed by atoms with E-state index in [0.29, 0.717) is 32.0 Å². The Labute approximate surface area is 212 Å². The van der Waals surface area contributed by atoms with Gasteiger partial charge >= 0.3 is 11.8 Å². The van der Waals surface area contributed by atoms with E-state index >= 15 is 0 Å². The van der Waals surface area contributed by atoms with Gasteiger partial charge in [-0.15, -0.1) is 0 Å². The van der Waals surface area contributed by atoms with Crippen molar-refractivity contribution in [1.29, 1.82) is 0 Å². The normalized spacial score (nSPS) is 16.7. The molecule has 0 saturated carbocycles. The average molecular weight is 494 g/mol. The molecule has 2 N–H and O–H groups in total. The maximum Gasteiger partial charge on any atom is 0.313 e. The van der Waals surface area contributed by atoms with Crippen LogP contribution in [-0.2, 0) is 31.0 Å². The first kappa shape index (κ1) is 25.7. The number of rotatable bonds is 6. The highest BCUT2D eigenvalue weighted by Crippen LogP contribution is 2.35. The lowest BCUT2D eigenvalue weighted by Gasteiger charge is -2.38. The first-order valence-corrected chi connectivity index (χ1v) is 12.6. The zero-order valence-corrected chi connectivity index (χ0v) is 21.3. The van der Waals surface area contributed by atoms with E-state index in [0.717, 1.165) is 48.2 Å². The van der Waals surface area contributed by atoms with Gasteiger partial charge < -0.3 is 25.0 Å². The van der Waals surface area contributed by atoms with Crippen molar-refractivity contribution in [3.05, 3.63) is 53.6 Å². The van der Waals surface area contributed by atoms with Crippen molar-refractivity contribution in [3.63, 3.8) is 0 Å². The van der Waals surface area contributed by atoms with E-state index in [2.05, 4.69) is 10.6 Å². The molecule has 4 rings (SSSR count). The molecule has 8 heteroatoms. The number of hydrogen-bond acceptors (Lipinski definition) is 5. The molecule has 0 radical (unpaired) electrons. The van der Waals surface area contributed by atoms with Crippen LogP contribution in [0.15, 0.2) is 42.5 Å². The lowest BCUT2D eigenvalue weighted by Crippen LogP contribution is -2.47. The lowest BCUT2D eigenvalue weighted by molar-refractivity contribution is -0.136. The van der Waals surface area contributed by atoms with Gasteiger partial charge in [0.2, 0.25) is 5.91 Å². The van der Waals surface area contributed by atoms with Gasteiger partial charge in [-0.1, -0.05) is 32.0 Å². The summed E-state index contributed by atoms with van der Waals surface area (Å²) in [6.45, 7) is 5.92. The van der Waals surface area contributed by atoms with Gasteiger partial charge in [-0.25, -0.2) is 0 Å². The van der Waals surface area contributed by atoms with Gasteiger partial charge in [0, 0.05) is 49.0 Å². The molecule has 2 aromatic rings. The van der Waals surface area contributed by atoms with Crippen molar-refractivity contribution in [2.75, 3.05) is 43.6 Å². The predicted octanol–water partition coefficient (Wildman–Crippen LogP) is 3.43. The summed E-state index contributed by atoms with van der Waals surface area (Å²) in [6, 6.07) is 13.3. The molecule has 0 aromatic heterocycles. The summed E-state index contributed by atoms with van der Waals surface area (Å²) in [5, 5.41) is 5.55. The van der Waals surface area contributed by atoms with Gasteiger partial charge in [-0.2, -0.15) is 0 Å². The molecule has 2 aromatic carbocycles. The molecule has 1 fully saturated rings. The highest BCUT2D eigenvalue weighted by molar-refractivity contribution is 6.39. The van der Waals surface area contributed by atoms with E-state index in [1.807, 2.05) is 44.2 Å². The number of hydrogen-bond donors (Lipinski definition) is 2. The summed E-state index contributed by atoms with van der Waals surface area (Å²) in [6.07, 6.45) is 3.27. The predicted molar refractivity (Wildman–Crippen MR) is 138 cm³/mol. The summed E-state index contributed by atoms with van der Waals surface area (Å²) in [5.41, 5.74) is 3.13. The van der Waals surface area contributed by atoms with Crippen molar-refractivity contribution < 1.29 is 23.9 Å². The summed E-state index contributed by atoms with van der Waals surface area (Å²) in [5.74, 6) is -0.727. The van der Waals surface area contributed by atoms with Crippen LogP contribution in [-0.4, -0.2) is 51.1 Å².